The molecule has 0 amide bonds. The average Bonchev–Trinajstić information content (AvgIpc) is 2.54. The largest absolute Gasteiger partial charge is 0.438 e. The topological polar surface area (TPSA) is 104 Å². The number of rotatable bonds is 6. The van der Waals surface area contributed by atoms with Gasteiger partial charge in [-0.25, -0.2) is 9.97 Å². The van der Waals surface area contributed by atoms with Gasteiger partial charge < -0.3 is 20.1 Å². The van der Waals surface area contributed by atoms with Crippen LogP contribution in [0.1, 0.15) is 23.6 Å². The predicted octanol–water partition coefficient (Wildman–Crippen LogP) is 2.51. The highest BCUT2D eigenvalue weighted by Gasteiger charge is 2.11. The summed E-state index contributed by atoms with van der Waals surface area (Å²) >= 11 is 0. The van der Waals surface area contributed by atoms with Crippen molar-refractivity contribution in [2.45, 2.75) is 13.8 Å². The summed E-state index contributed by atoms with van der Waals surface area (Å²) in [5.41, 5.74) is 9.01. The van der Waals surface area contributed by atoms with Gasteiger partial charge >= 0.3 is 0 Å². The van der Waals surface area contributed by atoms with Crippen LogP contribution in [0.3, 0.4) is 0 Å². The molecule has 0 bridgehead atoms. The van der Waals surface area contributed by atoms with E-state index in [0.717, 1.165) is 16.8 Å². The number of aromatic nitrogens is 2. The molecule has 24 heavy (non-hydrogen) atoms. The second-order valence-corrected chi connectivity index (χ2v) is 4.83. The lowest BCUT2D eigenvalue weighted by atomic mass is 10.1. The second kappa shape index (κ2) is 7.91. The molecule has 0 aliphatic carbocycles. The number of nitrogens with zero attached hydrogens (tertiary/aromatic N) is 4. The monoisotopic (exact) mass is 329 g/mol. The minimum absolute atomic E-state index is 0.247. The van der Waals surface area contributed by atoms with Crippen molar-refractivity contribution in [1.29, 1.82) is 0 Å². The Morgan fingerprint density at radius 2 is 2.00 bits per heavy atom. The minimum Gasteiger partial charge on any atom is -0.438 e. The molecule has 0 fully saturated rings. The zero-order chi connectivity index (χ0) is 17.5. The van der Waals surface area contributed by atoms with Gasteiger partial charge in [-0.1, -0.05) is 10.3 Å². The third kappa shape index (κ3) is 3.97. The molecule has 0 atom stereocenters. The molecule has 2 aromatic rings. The SMILES string of the molecule is CO/N=C\c1c(N)ncnc1Oc1ccc(/C(C)=N\OC)c(C)c1. The van der Waals surface area contributed by atoms with E-state index >= 15 is 0 Å². The van der Waals surface area contributed by atoms with E-state index in [1.807, 2.05) is 32.0 Å². The maximum atomic E-state index is 5.84. The Kier molecular flexibility index (Phi) is 5.67. The van der Waals surface area contributed by atoms with Crippen molar-refractivity contribution in [2.24, 2.45) is 10.3 Å². The Morgan fingerprint density at radius 3 is 2.67 bits per heavy atom. The summed E-state index contributed by atoms with van der Waals surface area (Å²) in [7, 11) is 2.95. The molecule has 8 heteroatoms. The lowest BCUT2D eigenvalue weighted by molar-refractivity contribution is 0.213. The number of anilines is 1. The molecule has 0 saturated heterocycles. The summed E-state index contributed by atoms with van der Waals surface area (Å²) < 4.78 is 5.81. The van der Waals surface area contributed by atoms with E-state index in [2.05, 4.69) is 25.1 Å². The Hall–Kier alpha value is -3.16. The minimum atomic E-state index is 0.247. The number of hydrogen-bond donors (Lipinski definition) is 1. The Balaban J connectivity index is 2.33. The number of benzene rings is 1. The first-order chi connectivity index (χ1) is 11.6. The van der Waals surface area contributed by atoms with Gasteiger partial charge in [0, 0.05) is 5.56 Å². The first kappa shape index (κ1) is 17.2. The van der Waals surface area contributed by atoms with Crippen molar-refractivity contribution < 1.29 is 14.4 Å². The van der Waals surface area contributed by atoms with Crippen molar-refractivity contribution in [3.63, 3.8) is 0 Å². The fraction of sp³-hybridized carbons (Fsp3) is 0.250. The van der Waals surface area contributed by atoms with Gasteiger partial charge in [-0.15, -0.1) is 0 Å². The van der Waals surface area contributed by atoms with Crippen LogP contribution in [0.15, 0.2) is 34.8 Å². The third-order valence-electron chi connectivity index (χ3n) is 3.20. The summed E-state index contributed by atoms with van der Waals surface area (Å²) in [5, 5.41) is 7.62. The Labute approximate surface area is 139 Å². The zero-order valence-corrected chi connectivity index (χ0v) is 14.0. The van der Waals surface area contributed by atoms with Crippen LogP contribution >= 0.6 is 0 Å². The molecule has 2 rings (SSSR count). The van der Waals surface area contributed by atoms with Crippen molar-refractivity contribution in [1.82, 2.24) is 9.97 Å². The average molecular weight is 329 g/mol. The molecule has 0 saturated carbocycles. The molecule has 2 N–H and O–H groups in total. The van der Waals surface area contributed by atoms with Gasteiger partial charge in [0.15, 0.2) is 0 Å². The quantitative estimate of drug-likeness (QED) is 0.645. The summed E-state index contributed by atoms with van der Waals surface area (Å²) in [4.78, 5) is 17.5. The number of aryl methyl sites for hydroxylation is 1. The lowest BCUT2D eigenvalue weighted by Gasteiger charge is -2.11. The summed E-state index contributed by atoms with van der Waals surface area (Å²) in [6, 6.07) is 5.59. The van der Waals surface area contributed by atoms with Crippen molar-refractivity contribution in [2.75, 3.05) is 20.0 Å². The number of oxime groups is 2. The van der Waals surface area contributed by atoms with Gasteiger partial charge in [-0.2, -0.15) is 0 Å². The molecule has 1 aromatic heterocycles. The van der Waals surface area contributed by atoms with E-state index < -0.39 is 0 Å². The van der Waals surface area contributed by atoms with Gasteiger partial charge in [0.05, 0.1) is 11.9 Å². The highest BCUT2D eigenvalue weighted by atomic mass is 16.6. The van der Waals surface area contributed by atoms with E-state index in [4.69, 9.17) is 15.3 Å². The molecule has 0 radical (unpaired) electrons. The molecule has 0 unspecified atom stereocenters. The van der Waals surface area contributed by atoms with E-state index in [0.29, 0.717) is 11.3 Å². The van der Waals surface area contributed by atoms with Crippen LogP contribution in [0.25, 0.3) is 0 Å². The van der Waals surface area contributed by atoms with Gasteiger partial charge in [-0.3, -0.25) is 0 Å². The Morgan fingerprint density at radius 1 is 1.21 bits per heavy atom. The summed E-state index contributed by atoms with van der Waals surface area (Å²) in [6.07, 6.45) is 2.73. The maximum Gasteiger partial charge on any atom is 0.233 e. The van der Waals surface area contributed by atoms with E-state index in [9.17, 15) is 0 Å². The van der Waals surface area contributed by atoms with Crippen LogP contribution in [-0.4, -0.2) is 36.1 Å². The number of hydrogen-bond acceptors (Lipinski definition) is 8. The van der Waals surface area contributed by atoms with Gasteiger partial charge in [-0.05, 0) is 37.6 Å². The zero-order valence-electron chi connectivity index (χ0n) is 14.0. The maximum absolute atomic E-state index is 5.84. The van der Waals surface area contributed by atoms with E-state index in [1.165, 1.54) is 26.8 Å². The number of ether oxygens (including phenoxy) is 1. The highest BCUT2D eigenvalue weighted by Crippen LogP contribution is 2.26. The van der Waals surface area contributed by atoms with Crippen LogP contribution in [-0.2, 0) is 9.68 Å². The van der Waals surface area contributed by atoms with Crippen LogP contribution < -0.4 is 10.5 Å². The first-order valence-corrected chi connectivity index (χ1v) is 7.10. The third-order valence-corrected chi connectivity index (χ3v) is 3.20. The fourth-order valence-corrected chi connectivity index (χ4v) is 2.10. The Bertz CT molecular complexity index is 774. The lowest BCUT2D eigenvalue weighted by Crippen LogP contribution is -2.03. The van der Waals surface area contributed by atoms with Crippen LogP contribution in [0, 0.1) is 6.92 Å². The molecule has 0 aliphatic heterocycles. The first-order valence-electron chi connectivity index (χ1n) is 7.10. The molecular weight excluding hydrogens is 310 g/mol. The van der Waals surface area contributed by atoms with E-state index in [-0.39, 0.29) is 11.7 Å². The second-order valence-electron chi connectivity index (χ2n) is 4.83. The molecule has 8 nitrogen and oxygen atoms in total. The summed E-state index contributed by atoms with van der Waals surface area (Å²) in [5.74, 6) is 1.14. The summed E-state index contributed by atoms with van der Waals surface area (Å²) in [6.45, 7) is 3.83. The highest BCUT2D eigenvalue weighted by molar-refractivity contribution is 5.99. The van der Waals surface area contributed by atoms with Gasteiger partial charge in [0.25, 0.3) is 0 Å². The normalized spacial score (nSPS) is 11.6. The smallest absolute Gasteiger partial charge is 0.233 e. The number of nitrogen functional groups attached to an aromatic ring is 1. The number of nitrogens with two attached hydrogens (primary N) is 1. The van der Waals surface area contributed by atoms with E-state index in [1.54, 1.807) is 0 Å². The molecule has 1 aromatic carbocycles. The molecule has 0 aliphatic rings. The molecular formula is C16H19N5O3. The van der Waals surface area contributed by atoms with Crippen molar-refractivity contribution in [3.05, 3.63) is 41.2 Å². The van der Waals surface area contributed by atoms with Crippen molar-refractivity contribution in [3.8, 4) is 11.6 Å². The van der Waals surface area contributed by atoms with Crippen molar-refractivity contribution >= 4 is 17.7 Å². The fourth-order valence-electron chi connectivity index (χ4n) is 2.10. The van der Waals surface area contributed by atoms with Crippen LogP contribution in [0.2, 0.25) is 0 Å². The molecule has 0 spiro atoms. The molecule has 126 valence electrons. The van der Waals surface area contributed by atoms with Gasteiger partial charge in [0.1, 0.15) is 37.7 Å². The van der Waals surface area contributed by atoms with Crippen LogP contribution in [0.5, 0.6) is 11.6 Å². The predicted molar refractivity (Wildman–Crippen MR) is 91.5 cm³/mol. The van der Waals surface area contributed by atoms with Crippen LogP contribution in [0.4, 0.5) is 5.82 Å². The van der Waals surface area contributed by atoms with Gasteiger partial charge in [0.2, 0.25) is 5.88 Å². The standard InChI is InChI=1S/C16H19N5O3/c1-10-7-12(5-6-13(10)11(2)21-23-4)24-16-14(8-20-22-3)15(17)18-9-19-16/h5-9H,1-4H3,(H2,17,18,19)/b20-8-,21-11-. The molecule has 1 heterocycles.